The normalized spacial score (nSPS) is 15.3. The Morgan fingerprint density at radius 2 is 1.36 bits per heavy atom. The lowest BCUT2D eigenvalue weighted by molar-refractivity contribution is -0.120. The molecule has 42 heavy (non-hydrogen) atoms. The molecular weight excluding hydrogens is 544 g/mol. The molecule has 0 radical (unpaired) electrons. The van der Waals surface area contributed by atoms with Crippen molar-refractivity contribution in [2.75, 3.05) is 41.4 Å². The van der Waals surface area contributed by atoms with Gasteiger partial charge in [-0.2, -0.15) is 0 Å². The van der Waals surface area contributed by atoms with Crippen molar-refractivity contribution in [3.63, 3.8) is 0 Å². The Morgan fingerprint density at radius 1 is 0.786 bits per heavy atom. The molecule has 1 fully saturated rings. The van der Waals surface area contributed by atoms with E-state index in [2.05, 4.69) is 48.3 Å². The van der Waals surface area contributed by atoms with Crippen molar-refractivity contribution in [1.29, 1.82) is 0 Å². The molecule has 0 aliphatic carbocycles. The molecule has 1 amide bonds. The molecular formula is C35H54N2O4S. The van der Waals surface area contributed by atoms with Crippen molar-refractivity contribution >= 4 is 27.1 Å². The molecule has 1 atom stereocenters. The average molecular weight is 599 g/mol. The maximum absolute atomic E-state index is 13.5. The van der Waals surface area contributed by atoms with Crippen molar-refractivity contribution < 1.29 is 17.9 Å². The third-order valence-corrected chi connectivity index (χ3v) is 9.90. The van der Waals surface area contributed by atoms with Crippen LogP contribution in [0.15, 0.2) is 48.5 Å². The number of hydrogen-bond acceptors (Lipinski definition) is 5. The summed E-state index contributed by atoms with van der Waals surface area (Å²) >= 11 is 0. The maximum Gasteiger partial charge on any atom is 0.227 e. The minimum atomic E-state index is -2.91. The molecule has 1 heterocycles. The van der Waals surface area contributed by atoms with E-state index in [1.165, 1.54) is 57.8 Å². The van der Waals surface area contributed by atoms with E-state index < -0.39 is 9.84 Å². The van der Waals surface area contributed by atoms with E-state index in [0.717, 1.165) is 48.4 Å². The Kier molecular flexibility index (Phi) is 15.3. The maximum atomic E-state index is 13.5. The number of nitrogens with zero attached hydrogens (tertiary/aromatic N) is 1. The van der Waals surface area contributed by atoms with Crippen LogP contribution in [-0.4, -0.2) is 45.5 Å². The van der Waals surface area contributed by atoms with E-state index in [4.69, 9.17) is 4.74 Å². The number of sulfone groups is 1. The molecule has 6 nitrogen and oxygen atoms in total. The molecule has 1 N–H and O–H groups in total. The van der Waals surface area contributed by atoms with Gasteiger partial charge in [-0.1, -0.05) is 96.6 Å². The van der Waals surface area contributed by atoms with Crippen LogP contribution in [-0.2, 0) is 21.1 Å². The van der Waals surface area contributed by atoms with Gasteiger partial charge in [-0.05, 0) is 61.2 Å². The van der Waals surface area contributed by atoms with E-state index in [1.807, 2.05) is 24.3 Å². The number of carbonyl (C=O) groups is 1. The molecule has 0 saturated carbocycles. The quantitative estimate of drug-likeness (QED) is 0.156. The fourth-order valence-corrected chi connectivity index (χ4v) is 6.72. The lowest BCUT2D eigenvalue weighted by atomic mass is 9.92. The fraction of sp³-hybridized carbons (Fsp3) is 0.629. The number of amides is 1. The van der Waals surface area contributed by atoms with Gasteiger partial charge in [0.2, 0.25) is 5.91 Å². The van der Waals surface area contributed by atoms with E-state index in [9.17, 15) is 13.2 Å². The highest BCUT2D eigenvalue weighted by atomic mass is 32.2. The Morgan fingerprint density at radius 3 is 1.95 bits per heavy atom. The second kappa shape index (κ2) is 18.9. The zero-order valence-electron chi connectivity index (χ0n) is 26.1. The summed E-state index contributed by atoms with van der Waals surface area (Å²) < 4.78 is 29.4. The Labute approximate surface area is 255 Å². The Bertz CT molecular complexity index is 1120. The highest BCUT2D eigenvalue weighted by Crippen LogP contribution is 2.24. The Balaban J connectivity index is 1.53. The Hall–Kier alpha value is -2.54. The van der Waals surface area contributed by atoms with Crippen LogP contribution in [0.2, 0.25) is 0 Å². The molecule has 234 valence electrons. The summed E-state index contributed by atoms with van der Waals surface area (Å²) in [5, 5.41) is 3.15. The predicted molar refractivity (Wildman–Crippen MR) is 176 cm³/mol. The van der Waals surface area contributed by atoms with Crippen molar-refractivity contribution in [1.82, 2.24) is 0 Å². The van der Waals surface area contributed by atoms with Crippen LogP contribution in [0.25, 0.3) is 0 Å². The monoisotopic (exact) mass is 598 g/mol. The molecule has 0 spiro atoms. The molecule has 1 aliphatic rings. The van der Waals surface area contributed by atoms with Crippen molar-refractivity contribution in [3.8, 4) is 5.75 Å². The lowest BCUT2D eigenvalue weighted by Crippen LogP contribution is -2.40. The molecule has 7 heteroatoms. The first-order chi connectivity index (χ1) is 20.4. The second-order valence-corrected chi connectivity index (χ2v) is 14.2. The van der Waals surface area contributed by atoms with Crippen molar-refractivity contribution in [2.45, 2.75) is 104 Å². The fourth-order valence-electron chi connectivity index (χ4n) is 5.52. The van der Waals surface area contributed by atoms with Crippen LogP contribution in [0.4, 0.5) is 11.4 Å². The van der Waals surface area contributed by atoms with Gasteiger partial charge in [-0.25, -0.2) is 8.42 Å². The number of nitrogens with one attached hydrogen (secondary N) is 1. The number of unbranched alkanes of at least 4 members (excludes halogenated alkanes) is 10. The van der Waals surface area contributed by atoms with Crippen LogP contribution < -0.4 is 15.0 Å². The standard InChI is InChI=1S/C35H54N2O4S/c1-3-5-7-8-9-10-11-12-13-14-15-31(35(38)36-32-18-22-34(23-19-32)41-26-6-4-2)29-30-16-20-33(21-17-30)37-24-27-42(39,40)28-25-37/h16-23,31H,3-15,24-29H2,1-2H3,(H,36,38). The summed E-state index contributed by atoms with van der Waals surface area (Å²) in [6, 6.07) is 16.0. The van der Waals surface area contributed by atoms with E-state index in [-0.39, 0.29) is 23.3 Å². The van der Waals surface area contributed by atoms with Gasteiger partial charge in [-0.15, -0.1) is 0 Å². The van der Waals surface area contributed by atoms with Crippen LogP contribution in [0, 0.1) is 5.92 Å². The number of carbonyl (C=O) groups excluding carboxylic acids is 1. The van der Waals surface area contributed by atoms with Gasteiger partial charge in [0.05, 0.1) is 18.1 Å². The third-order valence-electron chi connectivity index (χ3n) is 8.29. The van der Waals surface area contributed by atoms with Crippen LogP contribution in [0.1, 0.15) is 103 Å². The number of benzene rings is 2. The van der Waals surface area contributed by atoms with Gasteiger partial charge < -0.3 is 15.0 Å². The van der Waals surface area contributed by atoms with Gasteiger partial charge in [0.1, 0.15) is 5.75 Å². The molecule has 1 saturated heterocycles. The van der Waals surface area contributed by atoms with Gasteiger partial charge in [0, 0.05) is 30.4 Å². The number of anilines is 2. The van der Waals surface area contributed by atoms with Crippen molar-refractivity contribution in [2.24, 2.45) is 5.92 Å². The van der Waals surface area contributed by atoms with E-state index in [1.54, 1.807) is 0 Å². The lowest BCUT2D eigenvalue weighted by Gasteiger charge is -2.29. The first-order valence-electron chi connectivity index (χ1n) is 16.5. The number of hydrogen-bond donors (Lipinski definition) is 1. The van der Waals surface area contributed by atoms with E-state index >= 15 is 0 Å². The zero-order valence-corrected chi connectivity index (χ0v) is 26.9. The molecule has 3 rings (SSSR count). The summed E-state index contributed by atoms with van der Waals surface area (Å²) in [5.41, 5.74) is 2.98. The summed E-state index contributed by atoms with van der Waals surface area (Å²) in [4.78, 5) is 15.6. The minimum Gasteiger partial charge on any atom is -0.494 e. The SMILES string of the molecule is CCCCCCCCCCCCC(Cc1ccc(N2CCS(=O)(=O)CC2)cc1)C(=O)Nc1ccc(OCCCC)cc1. The first-order valence-corrected chi connectivity index (χ1v) is 18.3. The number of ether oxygens (including phenoxy) is 1. The first kappa shape index (κ1) is 34.0. The van der Waals surface area contributed by atoms with E-state index in [0.29, 0.717) is 26.1 Å². The number of rotatable bonds is 20. The molecule has 1 unspecified atom stereocenters. The van der Waals surface area contributed by atoms with Crippen LogP contribution in [0.3, 0.4) is 0 Å². The molecule has 0 bridgehead atoms. The largest absolute Gasteiger partial charge is 0.494 e. The average Bonchev–Trinajstić information content (AvgIpc) is 2.99. The highest BCUT2D eigenvalue weighted by Gasteiger charge is 2.22. The topological polar surface area (TPSA) is 75.7 Å². The second-order valence-electron chi connectivity index (χ2n) is 11.9. The predicted octanol–water partition coefficient (Wildman–Crippen LogP) is 8.21. The van der Waals surface area contributed by atoms with Gasteiger partial charge in [0.15, 0.2) is 9.84 Å². The molecule has 0 aromatic heterocycles. The summed E-state index contributed by atoms with van der Waals surface area (Å²) in [6.07, 6.45) is 16.5. The smallest absolute Gasteiger partial charge is 0.227 e. The third kappa shape index (κ3) is 12.8. The summed E-state index contributed by atoms with van der Waals surface area (Å²) in [7, 11) is -2.91. The minimum absolute atomic E-state index is 0.0656. The highest BCUT2D eigenvalue weighted by molar-refractivity contribution is 7.91. The van der Waals surface area contributed by atoms with Crippen molar-refractivity contribution in [3.05, 3.63) is 54.1 Å². The van der Waals surface area contributed by atoms with Gasteiger partial charge >= 0.3 is 0 Å². The van der Waals surface area contributed by atoms with Gasteiger partial charge in [-0.3, -0.25) is 4.79 Å². The van der Waals surface area contributed by atoms with Crippen LogP contribution >= 0.6 is 0 Å². The molecule has 2 aromatic carbocycles. The van der Waals surface area contributed by atoms with Gasteiger partial charge in [0.25, 0.3) is 0 Å². The molecule has 2 aromatic rings. The van der Waals surface area contributed by atoms with Crippen LogP contribution in [0.5, 0.6) is 5.75 Å². The summed E-state index contributed by atoms with van der Waals surface area (Å²) in [6.45, 7) is 6.18. The molecule has 1 aliphatic heterocycles. The summed E-state index contributed by atoms with van der Waals surface area (Å²) in [5.74, 6) is 1.21. The zero-order chi connectivity index (χ0) is 30.0.